The average Bonchev–Trinajstić information content (AvgIpc) is 2.85. The van der Waals surface area contributed by atoms with E-state index in [2.05, 4.69) is 25.3 Å². The third-order valence-electron chi connectivity index (χ3n) is 2.64. The van der Waals surface area contributed by atoms with Crippen LogP contribution in [0.3, 0.4) is 0 Å². The fraction of sp³-hybridized carbons (Fsp3) is 0.0833. The predicted molar refractivity (Wildman–Crippen MR) is 67.1 cm³/mol. The summed E-state index contributed by atoms with van der Waals surface area (Å²) in [5.74, 6) is 0.145. The molecule has 0 aliphatic heterocycles. The van der Waals surface area contributed by atoms with Crippen LogP contribution in [0, 0.1) is 5.82 Å². The highest BCUT2D eigenvalue weighted by atomic mass is 19.1. The molecule has 7 heteroatoms. The minimum atomic E-state index is -0.335. The maximum Gasteiger partial charge on any atom is 0.317 e. The van der Waals surface area contributed by atoms with Crippen LogP contribution < -0.4 is 5.32 Å². The molecule has 96 valence electrons. The minimum absolute atomic E-state index is 0.280. The minimum Gasteiger partial charge on any atom is -0.479 e. The number of aromatic amines is 1. The Labute approximate surface area is 107 Å². The second-order valence-electron chi connectivity index (χ2n) is 3.95. The molecule has 0 aliphatic rings. The average molecular weight is 259 g/mol. The van der Waals surface area contributed by atoms with Gasteiger partial charge in [0, 0.05) is 6.54 Å². The van der Waals surface area contributed by atoms with Crippen LogP contribution in [-0.4, -0.2) is 25.0 Å². The summed E-state index contributed by atoms with van der Waals surface area (Å²) in [7, 11) is 0. The normalized spacial score (nSPS) is 10.8. The Kier molecular flexibility index (Phi) is 2.71. The van der Waals surface area contributed by atoms with Gasteiger partial charge in [-0.2, -0.15) is 9.97 Å². The zero-order valence-corrected chi connectivity index (χ0v) is 9.76. The first kappa shape index (κ1) is 11.4. The van der Waals surface area contributed by atoms with Gasteiger partial charge in [-0.25, -0.2) is 9.37 Å². The predicted octanol–water partition coefficient (Wildman–Crippen LogP) is 1.81. The van der Waals surface area contributed by atoms with Gasteiger partial charge in [0.2, 0.25) is 0 Å². The van der Waals surface area contributed by atoms with Gasteiger partial charge in [-0.05, 0) is 17.7 Å². The Balaban J connectivity index is 1.85. The molecule has 0 bridgehead atoms. The molecule has 3 rings (SSSR count). The Bertz CT molecular complexity index is 710. The van der Waals surface area contributed by atoms with Gasteiger partial charge in [-0.3, -0.25) is 0 Å². The molecule has 1 aromatic carbocycles. The maximum absolute atomic E-state index is 12.8. The van der Waals surface area contributed by atoms with Crippen LogP contribution in [0.25, 0.3) is 11.2 Å². The molecule has 0 atom stereocenters. The van der Waals surface area contributed by atoms with Gasteiger partial charge in [-0.15, -0.1) is 0 Å². The summed E-state index contributed by atoms with van der Waals surface area (Å²) in [6.07, 6.45) is 1.47. The van der Waals surface area contributed by atoms with Crippen molar-refractivity contribution >= 4 is 17.0 Å². The van der Waals surface area contributed by atoms with Gasteiger partial charge in [0.15, 0.2) is 11.5 Å². The lowest BCUT2D eigenvalue weighted by Gasteiger charge is -2.06. The van der Waals surface area contributed by atoms with E-state index in [9.17, 15) is 9.50 Å². The SMILES string of the molecule is Oc1nc(NCc2ccc(F)cc2)c2nc[nH]c2n1. The highest BCUT2D eigenvalue weighted by Gasteiger charge is 2.09. The molecule has 0 amide bonds. The van der Waals surface area contributed by atoms with Crippen molar-refractivity contribution in [1.82, 2.24) is 19.9 Å². The number of anilines is 1. The molecule has 0 saturated carbocycles. The van der Waals surface area contributed by atoms with Gasteiger partial charge in [0.05, 0.1) is 6.33 Å². The molecule has 2 heterocycles. The van der Waals surface area contributed by atoms with Crippen LogP contribution in [0.5, 0.6) is 6.01 Å². The highest BCUT2D eigenvalue weighted by Crippen LogP contribution is 2.19. The van der Waals surface area contributed by atoms with E-state index >= 15 is 0 Å². The van der Waals surface area contributed by atoms with E-state index in [0.717, 1.165) is 5.56 Å². The molecular weight excluding hydrogens is 249 g/mol. The second kappa shape index (κ2) is 4.52. The van der Waals surface area contributed by atoms with Crippen LogP contribution in [-0.2, 0) is 6.54 Å². The van der Waals surface area contributed by atoms with Crippen LogP contribution in [0.4, 0.5) is 10.2 Å². The summed E-state index contributed by atoms with van der Waals surface area (Å²) < 4.78 is 12.8. The Morgan fingerprint density at radius 1 is 1.21 bits per heavy atom. The molecule has 0 unspecified atom stereocenters. The van der Waals surface area contributed by atoms with Crippen molar-refractivity contribution < 1.29 is 9.50 Å². The molecule has 2 aromatic heterocycles. The first-order valence-electron chi connectivity index (χ1n) is 5.61. The Morgan fingerprint density at radius 2 is 2.00 bits per heavy atom. The number of fused-ring (bicyclic) bond motifs is 1. The number of hydrogen-bond donors (Lipinski definition) is 3. The van der Waals surface area contributed by atoms with Crippen molar-refractivity contribution in [3.8, 4) is 6.01 Å². The van der Waals surface area contributed by atoms with E-state index in [-0.39, 0.29) is 11.8 Å². The Hall–Kier alpha value is -2.70. The lowest BCUT2D eigenvalue weighted by atomic mass is 10.2. The number of imidazole rings is 1. The number of hydrogen-bond acceptors (Lipinski definition) is 5. The number of halogens is 1. The summed E-state index contributed by atoms with van der Waals surface area (Å²) >= 11 is 0. The quantitative estimate of drug-likeness (QED) is 0.667. The van der Waals surface area contributed by atoms with Gasteiger partial charge in [0.25, 0.3) is 0 Å². The molecule has 19 heavy (non-hydrogen) atoms. The monoisotopic (exact) mass is 259 g/mol. The largest absolute Gasteiger partial charge is 0.479 e. The maximum atomic E-state index is 12.8. The number of aromatic hydroxyl groups is 1. The molecule has 0 spiro atoms. The van der Waals surface area contributed by atoms with Gasteiger partial charge >= 0.3 is 6.01 Å². The smallest absolute Gasteiger partial charge is 0.317 e. The fourth-order valence-electron chi connectivity index (χ4n) is 1.74. The molecule has 3 N–H and O–H groups in total. The van der Waals surface area contributed by atoms with Crippen molar-refractivity contribution in [1.29, 1.82) is 0 Å². The number of benzene rings is 1. The van der Waals surface area contributed by atoms with Crippen LogP contribution in [0.15, 0.2) is 30.6 Å². The van der Waals surface area contributed by atoms with Gasteiger partial charge < -0.3 is 15.4 Å². The van der Waals surface area contributed by atoms with Gasteiger partial charge in [-0.1, -0.05) is 12.1 Å². The number of rotatable bonds is 3. The second-order valence-corrected chi connectivity index (χ2v) is 3.95. The topological polar surface area (TPSA) is 86.7 Å². The van der Waals surface area contributed by atoms with E-state index in [1.54, 1.807) is 12.1 Å². The van der Waals surface area contributed by atoms with Crippen LogP contribution in [0.2, 0.25) is 0 Å². The van der Waals surface area contributed by atoms with Crippen molar-refractivity contribution in [3.63, 3.8) is 0 Å². The molecule has 0 fully saturated rings. The summed E-state index contributed by atoms with van der Waals surface area (Å²) in [4.78, 5) is 14.5. The number of aromatic nitrogens is 4. The summed E-state index contributed by atoms with van der Waals surface area (Å²) in [5.41, 5.74) is 1.89. The van der Waals surface area contributed by atoms with E-state index in [4.69, 9.17) is 0 Å². The third-order valence-corrected chi connectivity index (χ3v) is 2.64. The molecule has 0 aliphatic carbocycles. The fourth-order valence-corrected chi connectivity index (χ4v) is 1.74. The first-order valence-corrected chi connectivity index (χ1v) is 5.61. The van der Waals surface area contributed by atoms with Crippen LogP contribution in [0.1, 0.15) is 5.56 Å². The highest BCUT2D eigenvalue weighted by molar-refractivity contribution is 5.82. The zero-order valence-electron chi connectivity index (χ0n) is 9.76. The lowest BCUT2D eigenvalue weighted by molar-refractivity contribution is 0.433. The number of nitrogens with zero attached hydrogens (tertiary/aromatic N) is 3. The van der Waals surface area contributed by atoms with Crippen molar-refractivity contribution in [3.05, 3.63) is 42.0 Å². The van der Waals surface area contributed by atoms with Crippen LogP contribution >= 0.6 is 0 Å². The summed E-state index contributed by atoms with van der Waals surface area (Å²) in [5, 5.41) is 12.4. The molecular formula is C12H10FN5O. The van der Waals surface area contributed by atoms with Gasteiger partial charge in [0.1, 0.15) is 11.3 Å². The van der Waals surface area contributed by atoms with Crippen molar-refractivity contribution in [2.24, 2.45) is 0 Å². The van der Waals surface area contributed by atoms with Crippen molar-refractivity contribution in [2.75, 3.05) is 5.32 Å². The lowest BCUT2D eigenvalue weighted by Crippen LogP contribution is -2.03. The standard InChI is InChI=1S/C12H10FN5O/c13-8-3-1-7(2-4-8)5-14-10-9-11(16-6-15-9)18-12(19)17-10/h1-4,6H,5H2,(H3,14,15,16,17,18,19). The molecule has 0 radical (unpaired) electrons. The van der Waals surface area contributed by atoms with E-state index in [1.807, 2.05) is 0 Å². The first-order chi connectivity index (χ1) is 9.22. The summed E-state index contributed by atoms with van der Waals surface area (Å²) in [6.45, 7) is 0.443. The van der Waals surface area contributed by atoms with E-state index in [1.165, 1.54) is 18.5 Å². The van der Waals surface area contributed by atoms with E-state index in [0.29, 0.717) is 23.5 Å². The molecule has 6 nitrogen and oxygen atoms in total. The molecule has 3 aromatic rings. The van der Waals surface area contributed by atoms with Crippen molar-refractivity contribution in [2.45, 2.75) is 6.54 Å². The summed E-state index contributed by atoms with van der Waals surface area (Å²) in [6, 6.07) is 5.78. The number of H-pyrrole nitrogens is 1. The zero-order chi connectivity index (χ0) is 13.2. The third kappa shape index (κ3) is 2.30. The van der Waals surface area contributed by atoms with E-state index < -0.39 is 0 Å². The molecule has 0 saturated heterocycles. The Morgan fingerprint density at radius 3 is 2.79 bits per heavy atom. The number of nitrogens with one attached hydrogen (secondary N) is 2.